The van der Waals surface area contributed by atoms with Crippen LogP contribution in [-0.4, -0.2) is 24.0 Å². The fraction of sp³-hybridized carbons (Fsp3) is 0.154. The summed E-state index contributed by atoms with van der Waals surface area (Å²) in [6.45, 7) is -0.731. The van der Waals surface area contributed by atoms with Crippen molar-refractivity contribution in [2.45, 2.75) is 6.43 Å². The van der Waals surface area contributed by atoms with Crippen molar-refractivity contribution >= 4 is 16.7 Å². The highest BCUT2D eigenvalue weighted by Crippen LogP contribution is 2.24. The van der Waals surface area contributed by atoms with E-state index >= 15 is 0 Å². The number of benzene rings is 2. The van der Waals surface area contributed by atoms with Crippen LogP contribution in [0.15, 0.2) is 36.4 Å². The molecular weight excluding hydrogens is 240 g/mol. The zero-order chi connectivity index (χ0) is 13.1. The Bertz CT molecular complexity index is 584. The highest BCUT2D eigenvalue weighted by atomic mass is 19.3. The van der Waals surface area contributed by atoms with E-state index in [1.54, 1.807) is 24.3 Å². The van der Waals surface area contributed by atoms with Crippen LogP contribution in [0, 0.1) is 0 Å². The molecule has 2 N–H and O–H groups in total. The van der Waals surface area contributed by atoms with E-state index in [2.05, 4.69) is 5.32 Å². The molecular formula is C13H11F2NO2. The lowest BCUT2D eigenvalue weighted by Gasteiger charge is -2.08. The van der Waals surface area contributed by atoms with Gasteiger partial charge in [0.2, 0.25) is 0 Å². The molecule has 1 amide bonds. The second-order valence-electron chi connectivity index (χ2n) is 3.82. The van der Waals surface area contributed by atoms with Crippen LogP contribution in [0.1, 0.15) is 10.4 Å². The standard InChI is InChI=1S/C13H11F2NO2/c14-12(15)7-16-13(18)10-5-8-3-1-2-4-9(8)6-11(10)17/h1-6,12,17H,7H2,(H,16,18). The van der Waals surface area contributed by atoms with Gasteiger partial charge in [0.1, 0.15) is 5.75 Å². The first-order valence-corrected chi connectivity index (χ1v) is 5.36. The zero-order valence-electron chi connectivity index (χ0n) is 9.36. The molecule has 0 aliphatic carbocycles. The van der Waals surface area contributed by atoms with Crippen LogP contribution in [0.5, 0.6) is 5.75 Å². The molecule has 5 heteroatoms. The summed E-state index contributed by atoms with van der Waals surface area (Å²) in [5, 5.41) is 13.3. The Morgan fingerprint density at radius 3 is 2.44 bits per heavy atom. The molecule has 0 radical (unpaired) electrons. The lowest BCUT2D eigenvalue weighted by atomic mass is 10.1. The van der Waals surface area contributed by atoms with Gasteiger partial charge in [-0.3, -0.25) is 4.79 Å². The predicted octanol–water partition coefficient (Wildman–Crippen LogP) is 2.54. The number of fused-ring (bicyclic) bond motifs is 1. The molecule has 0 spiro atoms. The first-order chi connectivity index (χ1) is 8.58. The predicted molar refractivity (Wildman–Crippen MR) is 64.0 cm³/mol. The molecule has 0 fully saturated rings. The minimum atomic E-state index is -2.61. The fourth-order valence-electron chi connectivity index (χ4n) is 1.68. The number of phenols is 1. The molecule has 0 aliphatic heterocycles. The van der Waals surface area contributed by atoms with E-state index in [1.807, 2.05) is 0 Å². The number of hydrogen-bond donors (Lipinski definition) is 2. The third-order valence-corrected chi connectivity index (χ3v) is 2.53. The third-order valence-electron chi connectivity index (χ3n) is 2.53. The SMILES string of the molecule is O=C(NCC(F)F)c1cc2ccccc2cc1O. The number of hydrogen-bond acceptors (Lipinski definition) is 2. The van der Waals surface area contributed by atoms with Gasteiger partial charge < -0.3 is 10.4 Å². The maximum atomic E-state index is 12.0. The smallest absolute Gasteiger partial charge is 0.255 e. The van der Waals surface area contributed by atoms with E-state index in [0.717, 1.165) is 10.8 Å². The Hall–Kier alpha value is -2.17. The monoisotopic (exact) mass is 251 g/mol. The normalized spacial score (nSPS) is 10.8. The first kappa shape index (κ1) is 12.3. The Morgan fingerprint density at radius 2 is 1.83 bits per heavy atom. The summed E-state index contributed by atoms with van der Waals surface area (Å²) in [5.74, 6) is -0.931. The third kappa shape index (κ3) is 2.56. The average molecular weight is 251 g/mol. The summed E-state index contributed by atoms with van der Waals surface area (Å²) in [6.07, 6.45) is -2.61. The maximum absolute atomic E-state index is 12.0. The molecule has 0 aliphatic rings. The van der Waals surface area contributed by atoms with Gasteiger partial charge in [0.15, 0.2) is 0 Å². The number of aromatic hydroxyl groups is 1. The second kappa shape index (κ2) is 5.00. The number of phenolic OH excluding ortho intramolecular Hbond substituents is 1. The minimum absolute atomic E-state index is 0.00523. The summed E-state index contributed by atoms with van der Waals surface area (Å²) in [6, 6.07) is 10.1. The maximum Gasteiger partial charge on any atom is 0.255 e. The molecule has 0 atom stereocenters. The van der Waals surface area contributed by atoms with Gasteiger partial charge in [-0.05, 0) is 22.9 Å². The Kier molecular flexibility index (Phi) is 3.41. The summed E-state index contributed by atoms with van der Waals surface area (Å²) in [4.78, 5) is 11.6. The van der Waals surface area contributed by atoms with Crippen LogP contribution in [-0.2, 0) is 0 Å². The molecule has 2 aromatic rings. The van der Waals surface area contributed by atoms with Gasteiger partial charge in [-0.2, -0.15) is 0 Å². The minimum Gasteiger partial charge on any atom is -0.507 e. The molecule has 0 saturated carbocycles. The van der Waals surface area contributed by atoms with Crippen molar-refractivity contribution in [1.29, 1.82) is 0 Å². The Morgan fingerprint density at radius 1 is 1.22 bits per heavy atom. The van der Waals surface area contributed by atoms with E-state index in [0.29, 0.717) is 0 Å². The Balaban J connectivity index is 2.32. The molecule has 2 rings (SSSR count). The number of amides is 1. The van der Waals surface area contributed by atoms with E-state index < -0.39 is 18.9 Å². The highest BCUT2D eigenvalue weighted by Gasteiger charge is 2.13. The topological polar surface area (TPSA) is 49.3 Å². The molecule has 0 aromatic heterocycles. The van der Waals surface area contributed by atoms with Gasteiger partial charge >= 0.3 is 0 Å². The molecule has 0 saturated heterocycles. The number of halogens is 2. The van der Waals surface area contributed by atoms with Gasteiger partial charge in [0, 0.05) is 0 Å². The molecule has 18 heavy (non-hydrogen) atoms. The summed E-state index contributed by atoms with van der Waals surface area (Å²) >= 11 is 0. The van der Waals surface area contributed by atoms with Crippen molar-refractivity contribution in [3.63, 3.8) is 0 Å². The number of carbonyl (C=O) groups excluding carboxylic acids is 1. The van der Waals surface area contributed by atoms with Gasteiger partial charge in [-0.15, -0.1) is 0 Å². The zero-order valence-corrected chi connectivity index (χ0v) is 9.36. The van der Waals surface area contributed by atoms with Crippen molar-refractivity contribution in [2.24, 2.45) is 0 Å². The van der Waals surface area contributed by atoms with E-state index in [4.69, 9.17) is 0 Å². The van der Waals surface area contributed by atoms with E-state index in [-0.39, 0.29) is 11.3 Å². The van der Waals surface area contributed by atoms with Gasteiger partial charge in [-0.1, -0.05) is 24.3 Å². The van der Waals surface area contributed by atoms with Gasteiger partial charge in [0.25, 0.3) is 12.3 Å². The second-order valence-corrected chi connectivity index (χ2v) is 3.82. The molecule has 94 valence electrons. The quantitative estimate of drug-likeness (QED) is 0.880. The Labute approximate surface area is 102 Å². The lowest BCUT2D eigenvalue weighted by Crippen LogP contribution is -2.28. The van der Waals surface area contributed by atoms with Gasteiger partial charge in [0.05, 0.1) is 12.1 Å². The van der Waals surface area contributed by atoms with Gasteiger partial charge in [-0.25, -0.2) is 8.78 Å². The van der Waals surface area contributed by atoms with Crippen molar-refractivity contribution in [2.75, 3.05) is 6.54 Å². The largest absolute Gasteiger partial charge is 0.507 e. The summed E-state index contributed by atoms with van der Waals surface area (Å²) in [5.41, 5.74) is -0.00523. The molecule has 2 aromatic carbocycles. The molecule has 3 nitrogen and oxygen atoms in total. The number of nitrogens with one attached hydrogen (secondary N) is 1. The van der Waals surface area contributed by atoms with Crippen molar-refractivity contribution in [3.8, 4) is 5.75 Å². The first-order valence-electron chi connectivity index (χ1n) is 5.36. The van der Waals surface area contributed by atoms with Crippen molar-refractivity contribution in [1.82, 2.24) is 5.32 Å². The fourth-order valence-corrected chi connectivity index (χ4v) is 1.68. The van der Waals surface area contributed by atoms with Crippen LogP contribution < -0.4 is 5.32 Å². The van der Waals surface area contributed by atoms with Crippen LogP contribution in [0.3, 0.4) is 0 Å². The number of rotatable bonds is 3. The van der Waals surface area contributed by atoms with Crippen molar-refractivity contribution in [3.05, 3.63) is 42.0 Å². The molecule has 0 heterocycles. The summed E-state index contributed by atoms with van der Waals surface area (Å²) in [7, 11) is 0. The van der Waals surface area contributed by atoms with E-state index in [1.165, 1.54) is 12.1 Å². The number of carbonyl (C=O) groups is 1. The van der Waals surface area contributed by atoms with Crippen molar-refractivity contribution < 1.29 is 18.7 Å². The van der Waals surface area contributed by atoms with Crippen LogP contribution in [0.2, 0.25) is 0 Å². The molecule has 0 bridgehead atoms. The summed E-state index contributed by atoms with van der Waals surface area (Å²) < 4.78 is 24.0. The van der Waals surface area contributed by atoms with Crippen LogP contribution >= 0.6 is 0 Å². The van der Waals surface area contributed by atoms with Crippen LogP contribution in [0.25, 0.3) is 10.8 Å². The van der Waals surface area contributed by atoms with E-state index in [9.17, 15) is 18.7 Å². The average Bonchev–Trinajstić information content (AvgIpc) is 2.35. The number of alkyl halides is 2. The molecule has 0 unspecified atom stereocenters. The lowest BCUT2D eigenvalue weighted by molar-refractivity contribution is 0.0889. The highest BCUT2D eigenvalue weighted by molar-refractivity contribution is 6.01. The van der Waals surface area contributed by atoms with Crippen LogP contribution in [0.4, 0.5) is 8.78 Å².